The molecule has 15 heavy (non-hydrogen) atoms. The highest BCUT2D eigenvalue weighted by Gasteiger charge is 2.20. The van der Waals surface area contributed by atoms with Crippen LogP contribution in [0.1, 0.15) is 0 Å². The normalized spacial score (nSPS) is 16.9. The van der Waals surface area contributed by atoms with Crippen LogP contribution in [0, 0.1) is 5.21 Å². The van der Waals surface area contributed by atoms with E-state index in [1.165, 1.54) is 0 Å². The Morgan fingerprint density at radius 2 is 2.13 bits per heavy atom. The summed E-state index contributed by atoms with van der Waals surface area (Å²) in [7, 11) is 0. The first-order valence-electron chi connectivity index (χ1n) is 4.26. The summed E-state index contributed by atoms with van der Waals surface area (Å²) in [5.41, 5.74) is 8.56. The minimum absolute atomic E-state index is 0.0522. The summed E-state index contributed by atoms with van der Waals surface area (Å²) in [6.45, 7) is 0.156. The van der Waals surface area contributed by atoms with Gasteiger partial charge in [0.05, 0.1) is 11.4 Å². The summed E-state index contributed by atoms with van der Waals surface area (Å²) in [5, 5.41) is 12.0. The molecule has 0 aromatic heterocycles. The summed E-state index contributed by atoms with van der Waals surface area (Å²) in [6, 6.07) is 3.18. The van der Waals surface area contributed by atoms with Gasteiger partial charge in [0.1, 0.15) is 0 Å². The molecule has 2 heterocycles. The molecule has 0 aliphatic carbocycles. The molecule has 3 N–H and O–H groups in total. The van der Waals surface area contributed by atoms with Crippen LogP contribution in [0.15, 0.2) is 17.1 Å². The van der Waals surface area contributed by atoms with Crippen molar-refractivity contribution in [3.05, 3.63) is 17.3 Å². The fraction of sp³-hybridized carbons (Fsp3) is 0.125. The minimum Gasteiger partial charge on any atom is -0.739 e. The summed E-state index contributed by atoms with van der Waals surface area (Å²) < 4.78 is 10.3. The molecule has 0 radical (unpaired) electrons. The van der Waals surface area contributed by atoms with Crippen molar-refractivity contribution in [3.8, 4) is 11.5 Å². The number of rotatable bonds is 0. The van der Waals surface area contributed by atoms with Gasteiger partial charge in [-0.25, -0.2) is 4.99 Å². The van der Waals surface area contributed by atoms with E-state index in [0.29, 0.717) is 28.0 Å². The molecular formula is C8H7N4O3-. The number of anilines is 1. The molecule has 0 saturated carbocycles. The third kappa shape index (κ3) is 1.13. The van der Waals surface area contributed by atoms with Crippen molar-refractivity contribution < 1.29 is 9.47 Å². The Morgan fingerprint density at radius 1 is 1.40 bits per heavy atom. The van der Waals surface area contributed by atoms with Gasteiger partial charge in [0.15, 0.2) is 11.5 Å². The zero-order chi connectivity index (χ0) is 10.4. The second-order valence-electron chi connectivity index (χ2n) is 3.10. The van der Waals surface area contributed by atoms with Crippen LogP contribution in [0.3, 0.4) is 0 Å². The fourth-order valence-corrected chi connectivity index (χ4v) is 1.49. The molecule has 3 rings (SSSR count). The number of nitrogens with two attached hydrogens (primary N) is 1. The maximum absolute atomic E-state index is 11.4. The smallest absolute Gasteiger partial charge is 0.231 e. The largest absolute Gasteiger partial charge is 0.739 e. The average molecular weight is 207 g/mol. The van der Waals surface area contributed by atoms with E-state index in [4.69, 9.17) is 15.2 Å². The number of nitrogens with zero attached hydrogens (tertiary/aromatic N) is 2. The van der Waals surface area contributed by atoms with Crippen LogP contribution in [0.5, 0.6) is 11.5 Å². The fourth-order valence-electron chi connectivity index (χ4n) is 1.49. The van der Waals surface area contributed by atoms with Crippen molar-refractivity contribution in [2.24, 2.45) is 10.7 Å². The maximum atomic E-state index is 11.4. The molecule has 1 aromatic rings. The summed E-state index contributed by atoms with van der Waals surface area (Å²) >= 11 is 0. The number of aliphatic imine (C=N–C) groups is 1. The van der Waals surface area contributed by atoms with Crippen molar-refractivity contribution in [3.63, 3.8) is 0 Å². The number of hydrazine groups is 1. The molecule has 0 spiro atoms. The van der Waals surface area contributed by atoms with Gasteiger partial charge >= 0.3 is 0 Å². The number of hydrogen-bond donors (Lipinski definition) is 2. The summed E-state index contributed by atoms with van der Waals surface area (Å²) in [6.07, 6.45) is 0. The number of benzene rings is 1. The Labute approximate surface area is 84.6 Å². The van der Waals surface area contributed by atoms with Gasteiger partial charge < -0.3 is 25.6 Å². The predicted molar refractivity (Wildman–Crippen MR) is 52.8 cm³/mol. The third-order valence-electron chi connectivity index (χ3n) is 2.15. The average Bonchev–Trinajstić information content (AvgIpc) is 2.61. The number of hydrogen-bond acceptors (Lipinski definition) is 7. The van der Waals surface area contributed by atoms with Crippen molar-refractivity contribution in [1.29, 1.82) is 0 Å². The SMILES string of the molecule is NC1=Nc2cc3c(cc2N([O-])N1)OCO3. The molecule has 1 aromatic carbocycles. The van der Waals surface area contributed by atoms with Gasteiger partial charge in [-0.1, -0.05) is 0 Å². The standard InChI is InChI=1S/C8H7N4O3/c9-8-10-4-1-6-7(15-3-14-6)2-5(4)12(13)11-8/h1-2H,3H2,(H3,9,10,11)/q-1. The zero-order valence-electron chi connectivity index (χ0n) is 7.56. The number of ether oxygens (including phenoxy) is 2. The van der Waals surface area contributed by atoms with Gasteiger partial charge in [0.25, 0.3) is 0 Å². The quantitative estimate of drug-likeness (QED) is 0.630. The Bertz CT molecular complexity index is 459. The Balaban J connectivity index is 2.18. The Kier molecular flexibility index (Phi) is 1.46. The van der Waals surface area contributed by atoms with Gasteiger partial charge in [0, 0.05) is 12.1 Å². The van der Waals surface area contributed by atoms with E-state index in [9.17, 15) is 5.21 Å². The van der Waals surface area contributed by atoms with Crippen molar-refractivity contribution >= 4 is 17.3 Å². The number of guanidine groups is 1. The topological polar surface area (TPSA) is 95.2 Å². The van der Waals surface area contributed by atoms with Crippen LogP contribution in [-0.4, -0.2) is 12.8 Å². The first-order chi connectivity index (χ1) is 7.24. The lowest BCUT2D eigenvalue weighted by Gasteiger charge is -2.34. The summed E-state index contributed by atoms with van der Waals surface area (Å²) in [5.74, 6) is 1.16. The van der Waals surface area contributed by atoms with Crippen molar-refractivity contribution in [1.82, 2.24) is 5.43 Å². The van der Waals surface area contributed by atoms with Gasteiger partial charge in [0.2, 0.25) is 12.8 Å². The molecule has 0 bridgehead atoms. The molecule has 0 amide bonds. The number of nitrogens with one attached hydrogen (secondary N) is 1. The molecule has 2 aliphatic rings. The minimum atomic E-state index is 0.0522. The van der Waals surface area contributed by atoms with E-state index in [0.717, 1.165) is 0 Å². The molecule has 7 nitrogen and oxygen atoms in total. The van der Waals surface area contributed by atoms with Gasteiger partial charge in [-0.05, 0) is 0 Å². The van der Waals surface area contributed by atoms with Crippen LogP contribution in [0.2, 0.25) is 0 Å². The van der Waals surface area contributed by atoms with Gasteiger partial charge in [-0.2, -0.15) is 0 Å². The van der Waals surface area contributed by atoms with Crippen LogP contribution >= 0.6 is 0 Å². The highest BCUT2D eigenvalue weighted by Crippen LogP contribution is 2.42. The first-order valence-corrected chi connectivity index (χ1v) is 4.26. The highest BCUT2D eigenvalue weighted by molar-refractivity contribution is 5.90. The van der Waals surface area contributed by atoms with Crippen molar-refractivity contribution in [2.75, 3.05) is 12.0 Å². The lowest BCUT2D eigenvalue weighted by molar-refractivity contribution is 0.174. The van der Waals surface area contributed by atoms with E-state index in [1.54, 1.807) is 12.1 Å². The van der Waals surface area contributed by atoms with Gasteiger partial charge in [-0.15, -0.1) is 0 Å². The molecule has 7 heteroatoms. The lowest BCUT2D eigenvalue weighted by Crippen LogP contribution is -2.44. The molecule has 0 unspecified atom stereocenters. The molecular weight excluding hydrogens is 200 g/mol. The second kappa shape index (κ2) is 2.67. The molecule has 0 fully saturated rings. The number of fused-ring (bicyclic) bond motifs is 2. The first kappa shape index (κ1) is 8.18. The Hall–Kier alpha value is -2.15. The Morgan fingerprint density at radius 3 is 2.93 bits per heavy atom. The van der Waals surface area contributed by atoms with Crippen molar-refractivity contribution in [2.45, 2.75) is 0 Å². The third-order valence-corrected chi connectivity index (χ3v) is 2.15. The van der Waals surface area contributed by atoms with E-state index in [2.05, 4.69) is 10.4 Å². The van der Waals surface area contributed by atoms with E-state index >= 15 is 0 Å². The van der Waals surface area contributed by atoms with E-state index < -0.39 is 0 Å². The predicted octanol–water partition coefficient (Wildman–Crippen LogP) is 0.184. The van der Waals surface area contributed by atoms with Gasteiger partial charge in [-0.3, -0.25) is 5.43 Å². The maximum Gasteiger partial charge on any atom is 0.231 e. The van der Waals surface area contributed by atoms with Crippen LogP contribution < -0.4 is 25.8 Å². The van der Waals surface area contributed by atoms with Crippen LogP contribution in [0.25, 0.3) is 0 Å². The second-order valence-corrected chi connectivity index (χ2v) is 3.10. The van der Waals surface area contributed by atoms with Crippen LogP contribution in [0.4, 0.5) is 11.4 Å². The van der Waals surface area contributed by atoms with E-state index in [1.807, 2.05) is 0 Å². The molecule has 2 aliphatic heterocycles. The molecule has 78 valence electrons. The summed E-state index contributed by atoms with van der Waals surface area (Å²) in [4.78, 5) is 3.98. The van der Waals surface area contributed by atoms with E-state index in [-0.39, 0.29) is 12.8 Å². The molecule has 0 atom stereocenters. The zero-order valence-corrected chi connectivity index (χ0v) is 7.56. The molecule has 0 saturated heterocycles. The highest BCUT2D eigenvalue weighted by atomic mass is 16.7. The monoisotopic (exact) mass is 207 g/mol. The lowest BCUT2D eigenvalue weighted by atomic mass is 10.2. The van der Waals surface area contributed by atoms with Crippen LogP contribution in [-0.2, 0) is 0 Å².